The van der Waals surface area contributed by atoms with Crippen molar-refractivity contribution in [2.24, 2.45) is 5.14 Å². The third-order valence-electron chi connectivity index (χ3n) is 5.58. The molecule has 0 aliphatic carbocycles. The van der Waals surface area contributed by atoms with Gasteiger partial charge in [-0.3, -0.25) is 14.4 Å². The van der Waals surface area contributed by atoms with Crippen molar-refractivity contribution >= 4 is 68.3 Å². The van der Waals surface area contributed by atoms with Crippen LogP contribution >= 0.6 is 23.1 Å². The van der Waals surface area contributed by atoms with Crippen LogP contribution in [0.3, 0.4) is 0 Å². The zero-order valence-electron chi connectivity index (χ0n) is 21.7. The van der Waals surface area contributed by atoms with Crippen molar-refractivity contribution in [2.75, 3.05) is 10.6 Å². The molecule has 210 valence electrons. The lowest BCUT2D eigenvalue weighted by Gasteiger charge is -2.14. The van der Waals surface area contributed by atoms with Gasteiger partial charge in [0.25, 0.3) is 11.8 Å². The van der Waals surface area contributed by atoms with Gasteiger partial charge < -0.3 is 16.0 Å². The molecule has 0 saturated carbocycles. The molecule has 0 saturated heterocycles. The lowest BCUT2D eigenvalue weighted by molar-refractivity contribution is -0.115. The molecule has 1 atom stereocenters. The number of rotatable bonds is 10. The van der Waals surface area contributed by atoms with E-state index >= 15 is 0 Å². The first-order valence-corrected chi connectivity index (χ1v) is 15.5. The van der Waals surface area contributed by atoms with E-state index in [-0.39, 0.29) is 16.5 Å². The molecule has 0 fully saturated rings. The molecule has 1 unspecified atom stereocenters. The average Bonchev–Trinajstić information content (AvgIpc) is 3.46. The number of nitrogens with two attached hydrogens (primary N) is 1. The predicted molar refractivity (Wildman–Crippen MR) is 163 cm³/mol. The highest BCUT2D eigenvalue weighted by atomic mass is 32.2. The van der Waals surface area contributed by atoms with E-state index in [9.17, 15) is 22.8 Å². The Labute approximate surface area is 245 Å². The molecule has 0 radical (unpaired) electrons. The van der Waals surface area contributed by atoms with Crippen molar-refractivity contribution in [3.8, 4) is 0 Å². The topological polar surface area (TPSA) is 147 Å². The minimum atomic E-state index is -3.83. The summed E-state index contributed by atoms with van der Waals surface area (Å²) in [7, 11) is -3.83. The van der Waals surface area contributed by atoms with Crippen molar-refractivity contribution in [1.82, 2.24) is 5.32 Å². The number of carbonyl (C=O) groups is 3. The molecule has 1 aromatic heterocycles. The number of primary sulfonamides is 1. The summed E-state index contributed by atoms with van der Waals surface area (Å²) >= 11 is 2.71. The Morgan fingerprint density at radius 1 is 0.878 bits per heavy atom. The molecular formula is C29H26N4O5S3. The molecule has 1 heterocycles. The third kappa shape index (κ3) is 8.63. The normalized spacial score (nSPS) is 12.3. The first-order chi connectivity index (χ1) is 19.6. The zero-order valence-corrected chi connectivity index (χ0v) is 24.2. The maximum Gasteiger partial charge on any atom is 0.272 e. The molecule has 12 heteroatoms. The molecule has 0 aliphatic rings. The maximum absolute atomic E-state index is 13.2. The number of carbonyl (C=O) groups excluding carboxylic acids is 3. The van der Waals surface area contributed by atoms with Crippen LogP contribution in [-0.4, -0.2) is 31.4 Å². The molecule has 4 rings (SSSR count). The highest BCUT2D eigenvalue weighted by Crippen LogP contribution is 2.27. The van der Waals surface area contributed by atoms with Crippen molar-refractivity contribution in [2.45, 2.75) is 22.0 Å². The molecule has 3 aromatic carbocycles. The van der Waals surface area contributed by atoms with Crippen LogP contribution in [0.15, 0.2) is 112 Å². The Morgan fingerprint density at radius 3 is 2.27 bits per heavy atom. The molecule has 0 spiro atoms. The number of sulfonamides is 1. The lowest BCUT2D eigenvalue weighted by atomic mass is 10.2. The van der Waals surface area contributed by atoms with E-state index in [1.54, 1.807) is 61.5 Å². The molecule has 3 amide bonds. The van der Waals surface area contributed by atoms with E-state index in [1.807, 2.05) is 23.6 Å². The van der Waals surface area contributed by atoms with Crippen LogP contribution in [0.4, 0.5) is 11.4 Å². The lowest BCUT2D eigenvalue weighted by Crippen LogP contribution is -2.30. The number of anilines is 2. The summed E-state index contributed by atoms with van der Waals surface area (Å²) in [6, 6.07) is 24.9. The van der Waals surface area contributed by atoms with Crippen LogP contribution < -0.4 is 21.1 Å². The largest absolute Gasteiger partial charge is 0.325 e. The SMILES string of the molecule is CC(Sc1cccc(NC(=O)/C(=C/c2cccs2)NC(=O)c2ccccc2)c1)C(=O)Nc1ccc(S(N)(=O)=O)cc1. The monoisotopic (exact) mass is 606 g/mol. The first kappa shape index (κ1) is 29.7. The van der Waals surface area contributed by atoms with Gasteiger partial charge in [0, 0.05) is 26.7 Å². The van der Waals surface area contributed by atoms with Gasteiger partial charge in [-0.1, -0.05) is 30.3 Å². The number of hydrogen-bond acceptors (Lipinski definition) is 7. The summed E-state index contributed by atoms with van der Waals surface area (Å²) in [5, 5.41) is 14.7. The highest BCUT2D eigenvalue weighted by Gasteiger charge is 2.18. The van der Waals surface area contributed by atoms with Gasteiger partial charge in [0.15, 0.2) is 0 Å². The van der Waals surface area contributed by atoms with Gasteiger partial charge in [-0.05, 0) is 79.0 Å². The van der Waals surface area contributed by atoms with Gasteiger partial charge in [0.1, 0.15) is 5.70 Å². The van der Waals surface area contributed by atoms with E-state index < -0.39 is 27.1 Å². The predicted octanol–water partition coefficient (Wildman–Crippen LogP) is 4.92. The van der Waals surface area contributed by atoms with Crippen LogP contribution in [0.2, 0.25) is 0 Å². The Bertz CT molecular complexity index is 1670. The standard InChI is InChI=1S/C29H26N4O5S3/c1-19(27(34)31-21-12-14-25(15-13-21)41(30,37)38)40-24-10-5-9-22(17-24)32-29(36)26(18-23-11-6-16-39-23)33-28(35)20-7-3-2-4-8-20/h2-19H,1H3,(H,31,34)(H,32,36)(H,33,35)(H2,30,37,38)/b26-18-. The number of thioether (sulfide) groups is 1. The summed E-state index contributed by atoms with van der Waals surface area (Å²) in [6.45, 7) is 1.73. The fourth-order valence-corrected chi connectivity index (χ4v) is 5.63. The van der Waals surface area contributed by atoms with E-state index in [1.165, 1.54) is 47.4 Å². The zero-order chi connectivity index (χ0) is 29.4. The molecule has 0 bridgehead atoms. The second kappa shape index (κ2) is 13.4. The number of hydrogen-bond donors (Lipinski definition) is 4. The average molecular weight is 607 g/mol. The fraction of sp³-hybridized carbons (Fsp3) is 0.0690. The van der Waals surface area contributed by atoms with E-state index in [0.29, 0.717) is 16.9 Å². The smallest absolute Gasteiger partial charge is 0.272 e. The van der Waals surface area contributed by atoms with E-state index in [4.69, 9.17) is 5.14 Å². The molecular weight excluding hydrogens is 581 g/mol. The fourth-order valence-electron chi connectivity index (χ4n) is 3.53. The van der Waals surface area contributed by atoms with Crippen LogP contribution in [-0.2, 0) is 19.6 Å². The summed E-state index contributed by atoms with van der Waals surface area (Å²) in [4.78, 5) is 40.2. The quantitative estimate of drug-likeness (QED) is 0.149. The summed E-state index contributed by atoms with van der Waals surface area (Å²) in [5.41, 5.74) is 1.42. The van der Waals surface area contributed by atoms with Gasteiger partial charge in [0.2, 0.25) is 15.9 Å². The highest BCUT2D eigenvalue weighted by molar-refractivity contribution is 8.00. The first-order valence-electron chi connectivity index (χ1n) is 12.2. The number of amides is 3. The Morgan fingerprint density at radius 2 is 1.61 bits per heavy atom. The summed E-state index contributed by atoms with van der Waals surface area (Å²) in [5.74, 6) is -1.21. The molecule has 41 heavy (non-hydrogen) atoms. The van der Waals surface area contributed by atoms with Crippen molar-refractivity contribution in [1.29, 1.82) is 0 Å². The van der Waals surface area contributed by atoms with Crippen LogP contribution in [0, 0.1) is 0 Å². The second-order valence-electron chi connectivity index (χ2n) is 8.69. The summed E-state index contributed by atoms with van der Waals surface area (Å²) < 4.78 is 22.9. The molecule has 0 aliphatic heterocycles. The van der Waals surface area contributed by atoms with Gasteiger partial charge in [-0.15, -0.1) is 23.1 Å². The van der Waals surface area contributed by atoms with Crippen LogP contribution in [0.25, 0.3) is 6.08 Å². The maximum atomic E-state index is 13.2. The van der Waals surface area contributed by atoms with Crippen LogP contribution in [0.5, 0.6) is 0 Å². The Hall–Kier alpha value is -4.23. The summed E-state index contributed by atoms with van der Waals surface area (Å²) in [6.07, 6.45) is 1.61. The van der Waals surface area contributed by atoms with Crippen molar-refractivity contribution in [3.05, 3.63) is 113 Å². The van der Waals surface area contributed by atoms with E-state index in [0.717, 1.165) is 9.77 Å². The minimum Gasteiger partial charge on any atom is -0.325 e. The minimum absolute atomic E-state index is 0.0511. The second-order valence-corrected chi connectivity index (χ2v) is 12.6. The van der Waals surface area contributed by atoms with Crippen molar-refractivity contribution < 1.29 is 22.8 Å². The third-order valence-corrected chi connectivity index (χ3v) is 8.43. The Kier molecular flexibility index (Phi) is 9.73. The number of thiophene rings is 1. The van der Waals surface area contributed by atoms with Crippen molar-refractivity contribution in [3.63, 3.8) is 0 Å². The van der Waals surface area contributed by atoms with Crippen LogP contribution in [0.1, 0.15) is 22.2 Å². The van der Waals surface area contributed by atoms with E-state index in [2.05, 4.69) is 16.0 Å². The molecule has 9 nitrogen and oxygen atoms in total. The van der Waals surface area contributed by atoms with Gasteiger partial charge >= 0.3 is 0 Å². The Balaban J connectivity index is 1.42. The number of benzene rings is 3. The van der Waals surface area contributed by atoms with Gasteiger partial charge in [-0.25, -0.2) is 13.6 Å². The molecule has 4 aromatic rings. The van der Waals surface area contributed by atoms with Gasteiger partial charge in [-0.2, -0.15) is 0 Å². The number of nitrogens with one attached hydrogen (secondary N) is 3. The van der Waals surface area contributed by atoms with Gasteiger partial charge in [0.05, 0.1) is 10.1 Å². The molecule has 5 N–H and O–H groups in total.